The normalized spacial score (nSPS) is 15.1. The Kier molecular flexibility index (Phi) is 3.54. The zero-order chi connectivity index (χ0) is 17.1. The Balaban J connectivity index is 1.95. The van der Waals surface area contributed by atoms with Crippen molar-refractivity contribution in [2.45, 2.75) is 30.6 Å². The van der Waals surface area contributed by atoms with Crippen LogP contribution in [0.4, 0.5) is 0 Å². The second-order valence-corrected chi connectivity index (χ2v) is 9.18. The molecule has 0 atom stereocenters. The van der Waals surface area contributed by atoms with Gasteiger partial charge in [0.2, 0.25) is 0 Å². The van der Waals surface area contributed by atoms with Crippen LogP contribution in [0, 0.1) is 6.92 Å². The van der Waals surface area contributed by atoms with Crippen LogP contribution in [0.25, 0.3) is 22.2 Å². The van der Waals surface area contributed by atoms with E-state index in [1.165, 1.54) is 6.26 Å². The van der Waals surface area contributed by atoms with Crippen LogP contribution < -0.4 is 0 Å². The van der Waals surface area contributed by atoms with Gasteiger partial charge in [0.1, 0.15) is 5.52 Å². The summed E-state index contributed by atoms with van der Waals surface area (Å²) in [7, 11) is -3.23. The zero-order valence-electron chi connectivity index (χ0n) is 13.3. The summed E-state index contributed by atoms with van der Waals surface area (Å²) < 4.78 is 24.5. The lowest BCUT2D eigenvalue weighted by molar-refractivity contribution is 0.601. The van der Waals surface area contributed by atoms with Gasteiger partial charge < -0.3 is 0 Å². The van der Waals surface area contributed by atoms with Crippen molar-refractivity contribution in [2.75, 3.05) is 6.26 Å². The standard InChI is InChI=1S/C17H16BrN3O2S/c1-9-7-11(5-6-13(9)24(2,22)23)15-14-16(10-3-4-10)20-21-17(14)12(18)8-19-15/h5-8,10H,3-4H2,1-2H3,(H,20,21). The van der Waals surface area contributed by atoms with Crippen LogP contribution in [-0.2, 0) is 9.84 Å². The van der Waals surface area contributed by atoms with Gasteiger partial charge in [-0.25, -0.2) is 8.42 Å². The molecule has 3 aromatic rings. The molecular weight excluding hydrogens is 390 g/mol. The van der Waals surface area contributed by atoms with Crippen LogP contribution in [0.2, 0.25) is 0 Å². The van der Waals surface area contributed by atoms with Gasteiger partial charge >= 0.3 is 0 Å². The summed E-state index contributed by atoms with van der Waals surface area (Å²) in [6.07, 6.45) is 5.30. The highest BCUT2D eigenvalue weighted by Crippen LogP contribution is 2.45. The highest BCUT2D eigenvalue weighted by molar-refractivity contribution is 9.10. The van der Waals surface area contributed by atoms with E-state index >= 15 is 0 Å². The predicted molar refractivity (Wildman–Crippen MR) is 96.8 cm³/mol. The van der Waals surface area contributed by atoms with Crippen LogP contribution >= 0.6 is 15.9 Å². The van der Waals surface area contributed by atoms with Gasteiger partial charge in [-0.3, -0.25) is 10.1 Å². The fourth-order valence-corrected chi connectivity index (χ4v) is 4.46. The number of aromatic amines is 1. The molecular formula is C17H16BrN3O2S. The summed E-state index contributed by atoms with van der Waals surface area (Å²) in [4.78, 5) is 4.95. The van der Waals surface area contributed by atoms with Gasteiger partial charge in [-0.05, 0) is 53.4 Å². The molecule has 1 saturated carbocycles. The molecule has 7 heteroatoms. The van der Waals surface area contributed by atoms with Crippen LogP contribution in [0.1, 0.15) is 30.0 Å². The van der Waals surface area contributed by atoms with Crippen molar-refractivity contribution in [1.82, 2.24) is 15.2 Å². The molecule has 1 N–H and O–H groups in total. The number of rotatable bonds is 3. The third-order valence-electron chi connectivity index (χ3n) is 4.40. The van der Waals surface area contributed by atoms with Crippen molar-refractivity contribution in [1.29, 1.82) is 0 Å². The first-order valence-electron chi connectivity index (χ1n) is 7.70. The molecule has 1 aliphatic rings. The van der Waals surface area contributed by atoms with Gasteiger partial charge in [0, 0.05) is 29.6 Å². The SMILES string of the molecule is Cc1cc(-c2ncc(Br)c3n[nH]c(C4CC4)c23)ccc1S(C)(=O)=O. The summed E-state index contributed by atoms with van der Waals surface area (Å²) in [6.45, 7) is 1.81. The third-order valence-corrected chi connectivity index (χ3v) is 6.24. The molecule has 1 aliphatic carbocycles. The van der Waals surface area contributed by atoms with Crippen molar-refractivity contribution < 1.29 is 8.42 Å². The number of pyridine rings is 1. The van der Waals surface area contributed by atoms with Gasteiger partial charge in [-0.1, -0.05) is 6.07 Å². The number of hydrogen-bond donors (Lipinski definition) is 1. The Hall–Kier alpha value is -1.73. The van der Waals surface area contributed by atoms with E-state index in [4.69, 9.17) is 0 Å². The van der Waals surface area contributed by atoms with Gasteiger partial charge in [-0.2, -0.15) is 5.10 Å². The lowest BCUT2D eigenvalue weighted by Crippen LogP contribution is -2.00. The van der Waals surface area contributed by atoms with E-state index in [0.29, 0.717) is 10.8 Å². The van der Waals surface area contributed by atoms with Gasteiger partial charge in [0.15, 0.2) is 9.84 Å². The molecule has 0 saturated heterocycles. The predicted octanol–water partition coefficient (Wildman–Crippen LogP) is 3.98. The molecule has 1 aromatic carbocycles. The minimum absolute atomic E-state index is 0.356. The number of H-pyrrole nitrogens is 1. The average molecular weight is 406 g/mol. The molecule has 0 unspecified atom stereocenters. The Morgan fingerprint density at radius 2 is 2.04 bits per heavy atom. The summed E-state index contributed by atoms with van der Waals surface area (Å²) >= 11 is 3.51. The van der Waals surface area contributed by atoms with Crippen LogP contribution in [0.3, 0.4) is 0 Å². The van der Waals surface area contributed by atoms with Gasteiger partial charge in [0.25, 0.3) is 0 Å². The quantitative estimate of drug-likeness (QED) is 0.714. The number of aryl methyl sites for hydroxylation is 1. The summed E-state index contributed by atoms with van der Waals surface area (Å²) in [5.41, 5.74) is 4.46. The first-order chi connectivity index (χ1) is 11.4. The largest absolute Gasteiger partial charge is 0.281 e. The number of aromatic nitrogens is 3. The number of nitrogens with zero attached hydrogens (tertiary/aromatic N) is 2. The Morgan fingerprint density at radius 3 is 2.67 bits per heavy atom. The molecule has 0 amide bonds. The number of nitrogens with one attached hydrogen (secondary N) is 1. The molecule has 24 heavy (non-hydrogen) atoms. The topological polar surface area (TPSA) is 75.7 Å². The van der Waals surface area contributed by atoms with Crippen LogP contribution in [0.5, 0.6) is 0 Å². The minimum Gasteiger partial charge on any atom is -0.281 e. The Labute approximate surface area is 148 Å². The molecule has 0 spiro atoms. The monoisotopic (exact) mass is 405 g/mol. The number of benzene rings is 1. The third kappa shape index (κ3) is 2.56. The molecule has 5 nitrogen and oxygen atoms in total. The molecule has 1 fully saturated rings. The fraction of sp³-hybridized carbons (Fsp3) is 0.294. The highest BCUT2D eigenvalue weighted by Gasteiger charge is 2.29. The molecule has 2 aromatic heterocycles. The Bertz CT molecular complexity index is 1070. The van der Waals surface area contributed by atoms with E-state index < -0.39 is 9.84 Å². The molecule has 2 heterocycles. The van der Waals surface area contributed by atoms with Crippen LogP contribution in [-0.4, -0.2) is 29.9 Å². The molecule has 0 aliphatic heterocycles. The van der Waals surface area contributed by atoms with Crippen molar-refractivity contribution in [2.24, 2.45) is 0 Å². The van der Waals surface area contributed by atoms with E-state index in [-0.39, 0.29) is 0 Å². The fourth-order valence-electron chi connectivity index (χ4n) is 3.11. The number of halogens is 1. The Morgan fingerprint density at radius 1 is 1.29 bits per heavy atom. The molecule has 4 rings (SSSR count). The van der Waals surface area contributed by atoms with Crippen molar-refractivity contribution in [3.8, 4) is 11.3 Å². The smallest absolute Gasteiger partial charge is 0.175 e. The van der Waals surface area contributed by atoms with E-state index in [1.807, 2.05) is 19.1 Å². The number of sulfone groups is 1. The second kappa shape index (κ2) is 5.39. The van der Waals surface area contributed by atoms with Crippen molar-refractivity contribution >= 4 is 36.7 Å². The highest BCUT2D eigenvalue weighted by atomic mass is 79.9. The summed E-state index contributed by atoms with van der Waals surface area (Å²) in [5.74, 6) is 0.515. The summed E-state index contributed by atoms with van der Waals surface area (Å²) in [6, 6.07) is 5.37. The van der Waals surface area contributed by atoms with E-state index in [9.17, 15) is 8.42 Å². The molecule has 0 radical (unpaired) electrons. The zero-order valence-corrected chi connectivity index (χ0v) is 15.7. The van der Waals surface area contributed by atoms with Crippen molar-refractivity contribution in [3.63, 3.8) is 0 Å². The second-order valence-electron chi connectivity index (χ2n) is 6.34. The maximum Gasteiger partial charge on any atom is 0.175 e. The number of hydrogen-bond acceptors (Lipinski definition) is 4. The first-order valence-corrected chi connectivity index (χ1v) is 10.4. The average Bonchev–Trinajstić information content (AvgIpc) is 3.25. The van der Waals surface area contributed by atoms with Gasteiger partial charge in [-0.15, -0.1) is 0 Å². The summed E-state index contributed by atoms with van der Waals surface area (Å²) in [5, 5.41) is 8.62. The maximum atomic E-state index is 11.8. The van der Waals surface area contributed by atoms with Gasteiger partial charge in [0.05, 0.1) is 20.4 Å². The molecule has 124 valence electrons. The minimum atomic E-state index is -3.23. The lowest BCUT2D eigenvalue weighted by Gasteiger charge is -2.09. The lowest BCUT2D eigenvalue weighted by atomic mass is 10.0. The van der Waals surface area contributed by atoms with Crippen LogP contribution in [0.15, 0.2) is 33.8 Å². The van der Waals surface area contributed by atoms with E-state index in [2.05, 4.69) is 31.1 Å². The maximum absolute atomic E-state index is 11.8. The first kappa shape index (κ1) is 15.8. The number of fused-ring (bicyclic) bond motifs is 1. The van der Waals surface area contributed by atoms with E-state index in [1.54, 1.807) is 12.3 Å². The molecule has 0 bridgehead atoms. The van der Waals surface area contributed by atoms with E-state index in [0.717, 1.165) is 50.7 Å². The van der Waals surface area contributed by atoms with Crippen molar-refractivity contribution in [3.05, 3.63) is 40.1 Å².